The van der Waals surface area contributed by atoms with E-state index < -0.39 is 0 Å². The fourth-order valence-corrected chi connectivity index (χ4v) is 1.75. The number of aromatic nitrogens is 1. The summed E-state index contributed by atoms with van der Waals surface area (Å²) in [5.41, 5.74) is 3.93. The molecule has 112 valence electrons. The molecule has 6 heteroatoms. The van der Waals surface area contributed by atoms with Crippen molar-refractivity contribution < 1.29 is 4.79 Å². The van der Waals surface area contributed by atoms with E-state index >= 15 is 0 Å². The number of hydrogen-bond acceptors (Lipinski definition) is 5. The van der Waals surface area contributed by atoms with E-state index in [4.69, 9.17) is 5.84 Å². The summed E-state index contributed by atoms with van der Waals surface area (Å²) >= 11 is 0. The highest BCUT2D eigenvalue weighted by molar-refractivity contribution is 5.95. The Bertz CT molecular complexity index is 445. The molecule has 0 aliphatic carbocycles. The van der Waals surface area contributed by atoms with Gasteiger partial charge >= 0.3 is 0 Å². The van der Waals surface area contributed by atoms with Crippen LogP contribution in [-0.4, -0.2) is 43.0 Å². The molecule has 0 saturated heterocycles. The topological polar surface area (TPSA) is 83.3 Å². The quantitative estimate of drug-likeness (QED) is 0.396. The van der Waals surface area contributed by atoms with Crippen molar-refractivity contribution >= 4 is 11.7 Å². The second kappa shape index (κ2) is 7.81. The predicted octanol–water partition coefficient (Wildman–Crippen LogP) is 1.17. The van der Waals surface area contributed by atoms with Gasteiger partial charge in [0.15, 0.2) is 0 Å². The van der Waals surface area contributed by atoms with Gasteiger partial charge in [-0.3, -0.25) is 4.79 Å². The molecule has 0 aliphatic heterocycles. The molecule has 0 fully saturated rings. The number of rotatable bonds is 7. The minimum Gasteiger partial charge on any atom is -0.352 e. The van der Waals surface area contributed by atoms with E-state index in [1.54, 1.807) is 6.07 Å². The van der Waals surface area contributed by atoms with Crippen molar-refractivity contribution in [2.75, 3.05) is 32.6 Å². The first-order valence-corrected chi connectivity index (χ1v) is 6.85. The Kier molecular flexibility index (Phi) is 6.41. The molecule has 0 unspecified atom stereocenters. The summed E-state index contributed by atoms with van der Waals surface area (Å²) < 4.78 is 0. The van der Waals surface area contributed by atoms with E-state index in [-0.39, 0.29) is 11.8 Å². The van der Waals surface area contributed by atoms with Gasteiger partial charge in [-0.2, -0.15) is 0 Å². The molecule has 0 saturated carbocycles. The molecule has 0 bridgehead atoms. The highest BCUT2D eigenvalue weighted by Crippen LogP contribution is 2.17. The van der Waals surface area contributed by atoms with Gasteiger partial charge in [-0.05, 0) is 45.1 Å². The van der Waals surface area contributed by atoms with Gasteiger partial charge in [0.2, 0.25) is 0 Å². The predicted molar refractivity (Wildman–Crippen MR) is 81.6 cm³/mol. The summed E-state index contributed by atoms with van der Waals surface area (Å²) in [6.45, 7) is 5.66. The number of anilines is 1. The lowest BCUT2D eigenvalue weighted by Crippen LogP contribution is -2.27. The van der Waals surface area contributed by atoms with Crippen LogP contribution in [0.15, 0.2) is 12.1 Å². The molecule has 20 heavy (non-hydrogen) atoms. The van der Waals surface area contributed by atoms with Crippen molar-refractivity contribution in [3.63, 3.8) is 0 Å². The summed E-state index contributed by atoms with van der Waals surface area (Å²) in [5, 5.41) is 2.91. The summed E-state index contributed by atoms with van der Waals surface area (Å²) in [7, 11) is 4.03. The molecule has 6 nitrogen and oxygen atoms in total. The van der Waals surface area contributed by atoms with Gasteiger partial charge in [-0.25, -0.2) is 10.8 Å². The molecule has 0 radical (unpaired) electrons. The van der Waals surface area contributed by atoms with Crippen LogP contribution in [0.1, 0.15) is 42.2 Å². The van der Waals surface area contributed by atoms with Crippen LogP contribution < -0.4 is 16.6 Å². The van der Waals surface area contributed by atoms with E-state index in [1.165, 1.54) is 0 Å². The normalized spacial score (nSPS) is 10.9. The fraction of sp³-hybridized carbons (Fsp3) is 0.571. The maximum Gasteiger partial charge on any atom is 0.251 e. The molecule has 4 N–H and O–H groups in total. The number of hydrazine groups is 1. The molecular weight excluding hydrogens is 254 g/mol. The van der Waals surface area contributed by atoms with Crippen LogP contribution in [0.4, 0.5) is 5.82 Å². The average molecular weight is 279 g/mol. The van der Waals surface area contributed by atoms with Gasteiger partial charge in [0.05, 0.1) is 0 Å². The lowest BCUT2D eigenvalue weighted by atomic mass is 10.1. The van der Waals surface area contributed by atoms with Crippen LogP contribution >= 0.6 is 0 Å². The Labute approximate surface area is 120 Å². The maximum absolute atomic E-state index is 12.1. The van der Waals surface area contributed by atoms with Crippen LogP contribution in [0, 0.1) is 0 Å². The first-order valence-electron chi connectivity index (χ1n) is 6.85. The first-order chi connectivity index (χ1) is 9.43. The van der Waals surface area contributed by atoms with Crippen molar-refractivity contribution in [2.45, 2.75) is 26.2 Å². The third-order valence-corrected chi connectivity index (χ3v) is 2.91. The molecule has 1 aromatic rings. The lowest BCUT2D eigenvalue weighted by molar-refractivity contribution is 0.0952. The number of nitrogen functional groups attached to an aromatic ring is 1. The highest BCUT2D eigenvalue weighted by Gasteiger charge is 2.11. The van der Waals surface area contributed by atoms with E-state index in [1.807, 2.05) is 34.0 Å². The Morgan fingerprint density at radius 1 is 1.40 bits per heavy atom. The van der Waals surface area contributed by atoms with Crippen LogP contribution in [0.3, 0.4) is 0 Å². The SMILES string of the molecule is CC(C)c1cc(C(=O)NCCCN(C)C)cc(NN)n1. The van der Waals surface area contributed by atoms with Gasteiger partial charge in [0.1, 0.15) is 5.82 Å². The summed E-state index contributed by atoms with van der Waals surface area (Å²) in [5.74, 6) is 6.05. The third kappa shape index (κ3) is 5.14. The van der Waals surface area contributed by atoms with Crippen molar-refractivity contribution in [1.29, 1.82) is 0 Å². The fourth-order valence-electron chi connectivity index (χ4n) is 1.75. The molecule has 1 aromatic heterocycles. The number of carbonyl (C=O) groups excluding carboxylic acids is 1. The molecule has 0 aliphatic rings. The van der Waals surface area contributed by atoms with Crippen LogP contribution in [0.2, 0.25) is 0 Å². The summed E-state index contributed by atoms with van der Waals surface area (Å²) in [6.07, 6.45) is 0.920. The molecular formula is C14H25N5O. The molecule has 0 spiro atoms. The zero-order chi connectivity index (χ0) is 15.1. The van der Waals surface area contributed by atoms with Crippen molar-refractivity contribution in [1.82, 2.24) is 15.2 Å². The molecule has 1 rings (SSSR count). The van der Waals surface area contributed by atoms with E-state index in [9.17, 15) is 4.79 Å². The molecule has 0 aromatic carbocycles. The van der Waals surface area contributed by atoms with Gasteiger partial charge in [0.25, 0.3) is 5.91 Å². The number of amides is 1. The smallest absolute Gasteiger partial charge is 0.251 e. The number of nitrogens with zero attached hydrogens (tertiary/aromatic N) is 2. The van der Waals surface area contributed by atoms with Gasteiger partial charge < -0.3 is 15.6 Å². The molecule has 1 amide bonds. The Morgan fingerprint density at radius 3 is 2.65 bits per heavy atom. The second-order valence-corrected chi connectivity index (χ2v) is 5.38. The average Bonchev–Trinajstić information content (AvgIpc) is 2.42. The standard InChI is InChI=1S/C14H25N5O/c1-10(2)12-8-11(9-13(17-12)18-15)14(20)16-6-5-7-19(3)4/h8-10H,5-7,15H2,1-4H3,(H,16,20)(H,17,18). The highest BCUT2D eigenvalue weighted by atomic mass is 16.1. The Hall–Kier alpha value is -1.66. The van der Waals surface area contributed by atoms with Gasteiger partial charge in [-0.1, -0.05) is 13.8 Å². The van der Waals surface area contributed by atoms with E-state index in [0.717, 1.165) is 18.7 Å². The molecule has 1 heterocycles. The first kappa shape index (κ1) is 16.4. The molecule has 0 atom stereocenters. The monoisotopic (exact) mass is 279 g/mol. The number of nitrogens with one attached hydrogen (secondary N) is 2. The van der Waals surface area contributed by atoms with E-state index in [2.05, 4.69) is 20.6 Å². The van der Waals surface area contributed by atoms with E-state index in [0.29, 0.717) is 17.9 Å². The summed E-state index contributed by atoms with van der Waals surface area (Å²) in [6, 6.07) is 3.47. The Morgan fingerprint density at radius 2 is 2.10 bits per heavy atom. The zero-order valence-electron chi connectivity index (χ0n) is 12.7. The van der Waals surface area contributed by atoms with Crippen LogP contribution in [0.25, 0.3) is 0 Å². The van der Waals surface area contributed by atoms with Gasteiger partial charge in [-0.15, -0.1) is 0 Å². The number of pyridine rings is 1. The van der Waals surface area contributed by atoms with Crippen LogP contribution in [0.5, 0.6) is 0 Å². The maximum atomic E-state index is 12.1. The minimum atomic E-state index is -0.0930. The number of hydrogen-bond donors (Lipinski definition) is 3. The van der Waals surface area contributed by atoms with Crippen molar-refractivity contribution in [2.24, 2.45) is 5.84 Å². The number of nitrogens with two attached hydrogens (primary N) is 1. The zero-order valence-corrected chi connectivity index (χ0v) is 12.7. The largest absolute Gasteiger partial charge is 0.352 e. The second-order valence-electron chi connectivity index (χ2n) is 5.38. The number of carbonyl (C=O) groups is 1. The summed E-state index contributed by atoms with van der Waals surface area (Å²) in [4.78, 5) is 18.5. The third-order valence-electron chi connectivity index (χ3n) is 2.91. The van der Waals surface area contributed by atoms with Crippen molar-refractivity contribution in [3.05, 3.63) is 23.4 Å². The lowest BCUT2D eigenvalue weighted by Gasteiger charge is -2.12. The minimum absolute atomic E-state index is 0.0930. The van der Waals surface area contributed by atoms with Gasteiger partial charge in [0, 0.05) is 17.8 Å². The Balaban J connectivity index is 2.69. The van der Waals surface area contributed by atoms with Crippen molar-refractivity contribution in [3.8, 4) is 0 Å². The van der Waals surface area contributed by atoms with Crippen LogP contribution in [-0.2, 0) is 0 Å².